The fourth-order valence-corrected chi connectivity index (χ4v) is 5.90. The third kappa shape index (κ3) is 7.99. The summed E-state index contributed by atoms with van der Waals surface area (Å²) < 4.78 is 13.9. The molecule has 1 aliphatic rings. The molecule has 47 heavy (non-hydrogen) atoms. The van der Waals surface area contributed by atoms with Crippen molar-refractivity contribution in [2.24, 2.45) is 0 Å². The maximum atomic E-state index is 13.4. The molecule has 2 aromatic heterocycles. The van der Waals surface area contributed by atoms with E-state index in [-0.39, 0.29) is 11.4 Å². The zero-order valence-corrected chi connectivity index (χ0v) is 27.7. The topological polar surface area (TPSA) is 93.5 Å². The number of aromatic nitrogens is 3. The van der Waals surface area contributed by atoms with Crippen LogP contribution in [0, 0.1) is 6.92 Å². The van der Waals surface area contributed by atoms with E-state index < -0.39 is 0 Å². The van der Waals surface area contributed by atoms with Crippen LogP contribution in [-0.4, -0.2) is 64.6 Å². The lowest BCUT2D eigenvalue weighted by molar-refractivity contribution is -0.0147. The highest BCUT2D eigenvalue weighted by molar-refractivity contribution is 6.07. The standard InChI is InChI=1S/C38H44N6O3/c1-27-14-16-29(25-39-27)44-36(24-35(42-44)38(2,3)4)41-37(45)40-33-18-19-34(32-13-9-8-12-31(32)33)47-23-21-43-20-22-46-26-30(43)17-15-28-10-6-5-7-11-28/h5-14,16,18-19,24-25,30H,15,17,20-23,26H2,1-4H3,(H2,40,41,45). The SMILES string of the molecule is Cc1ccc(-n2nc(C(C)(C)C)cc2NC(=O)Nc2ccc(OCCN3CCOCC3CCc3ccccc3)c3ccccc23)cn1. The zero-order chi connectivity index (χ0) is 32.8. The number of hydrogen-bond donors (Lipinski definition) is 2. The summed E-state index contributed by atoms with van der Waals surface area (Å²) in [5, 5.41) is 12.7. The second-order valence-electron chi connectivity index (χ2n) is 13.1. The van der Waals surface area contributed by atoms with Crippen LogP contribution < -0.4 is 15.4 Å². The molecule has 6 rings (SSSR count). The van der Waals surface area contributed by atoms with Crippen LogP contribution in [0.15, 0.2) is 91.1 Å². The number of amides is 2. The predicted octanol–water partition coefficient (Wildman–Crippen LogP) is 7.38. The number of aryl methyl sites for hydroxylation is 2. The van der Waals surface area contributed by atoms with Gasteiger partial charge in [-0.15, -0.1) is 0 Å². The lowest BCUT2D eigenvalue weighted by Gasteiger charge is -2.35. The molecule has 2 N–H and O–H groups in total. The molecule has 3 aromatic carbocycles. The van der Waals surface area contributed by atoms with Crippen molar-refractivity contribution in [2.45, 2.75) is 52.0 Å². The molecule has 0 aliphatic carbocycles. The molecule has 0 radical (unpaired) electrons. The van der Waals surface area contributed by atoms with Crippen LogP contribution in [0.4, 0.5) is 16.3 Å². The number of rotatable bonds is 10. The number of morpholine rings is 1. The first-order valence-electron chi connectivity index (χ1n) is 16.4. The summed E-state index contributed by atoms with van der Waals surface area (Å²) in [6.07, 6.45) is 3.84. The van der Waals surface area contributed by atoms with Crippen molar-refractivity contribution in [1.29, 1.82) is 0 Å². The molecule has 1 saturated heterocycles. The molecule has 9 nitrogen and oxygen atoms in total. The van der Waals surface area contributed by atoms with E-state index in [2.05, 4.69) is 71.6 Å². The molecule has 0 saturated carbocycles. The van der Waals surface area contributed by atoms with Gasteiger partial charge in [-0.2, -0.15) is 5.10 Å². The molecule has 3 heterocycles. The summed E-state index contributed by atoms with van der Waals surface area (Å²) in [5.74, 6) is 1.35. The normalized spacial score (nSPS) is 15.4. The molecule has 2 amide bonds. The smallest absolute Gasteiger partial charge is 0.324 e. The minimum Gasteiger partial charge on any atom is -0.492 e. The van der Waals surface area contributed by atoms with Crippen molar-refractivity contribution in [3.8, 4) is 11.4 Å². The molecule has 1 atom stereocenters. The van der Waals surface area contributed by atoms with Gasteiger partial charge in [0.05, 0.1) is 36.5 Å². The number of benzene rings is 3. The number of carbonyl (C=O) groups excluding carboxylic acids is 1. The predicted molar refractivity (Wildman–Crippen MR) is 188 cm³/mol. The Hall–Kier alpha value is -4.73. The third-order valence-corrected chi connectivity index (χ3v) is 8.59. The Balaban J connectivity index is 1.12. The maximum Gasteiger partial charge on any atom is 0.324 e. The van der Waals surface area contributed by atoms with E-state index in [9.17, 15) is 4.79 Å². The highest BCUT2D eigenvalue weighted by Crippen LogP contribution is 2.32. The second kappa shape index (κ2) is 14.4. The van der Waals surface area contributed by atoms with Crippen molar-refractivity contribution in [2.75, 3.05) is 43.5 Å². The lowest BCUT2D eigenvalue weighted by Crippen LogP contribution is -2.47. The van der Waals surface area contributed by atoms with Crippen molar-refractivity contribution in [1.82, 2.24) is 19.7 Å². The fraction of sp³-hybridized carbons (Fsp3) is 0.342. The van der Waals surface area contributed by atoms with Gasteiger partial charge in [0.1, 0.15) is 18.2 Å². The highest BCUT2D eigenvalue weighted by Gasteiger charge is 2.24. The van der Waals surface area contributed by atoms with Crippen LogP contribution in [0.2, 0.25) is 0 Å². The number of ether oxygens (including phenoxy) is 2. The van der Waals surface area contributed by atoms with Gasteiger partial charge in [-0.25, -0.2) is 9.48 Å². The van der Waals surface area contributed by atoms with E-state index in [4.69, 9.17) is 14.6 Å². The maximum absolute atomic E-state index is 13.4. The van der Waals surface area contributed by atoms with Crippen LogP contribution in [-0.2, 0) is 16.6 Å². The Labute approximate surface area is 276 Å². The van der Waals surface area contributed by atoms with Crippen LogP contribution in [0.25, 0.3) is 16.5 Å². The Morgan fingerprint density at radius 2 is 1.77 bits per heavy atom. The number of nitrogens with zero attached hydrogens (tertiary/aromatic N) is 4. The number of anilines is 2. The van der Waals surface area contributed by atoms with Gasteiger partial charge in [0.25, 0.3) is 0 Å². The Kier molecular flexibility index (Phi) is 9.84. The number of carbonyl (C=O) groups is 1. The average molecular weight is 633 g/mol. The quantitative estimate of drug-likeness (QED) is 0.167. The first-order valence-corrected chi connectivity index (χ1v) is 16.4. The van der Waals surface area contributed by atoms with Crippen LogP contribution in [0.1, 0.15) is 44.1 Å². The molecule has 244 valence electrons. The summed E-state index contributed by atoms with van der Waals surface area (Å²) in [6.45, 7) is 12.0. The Morgan fingerprint density at radius 3 is 2.53 bits per heavy atom. The molecule has 5 aromatic rings. The summed E-state index contributed by atoms with van der Waals surface area (Å²) in [5.41, 5.74) is 4.39. The lowest BCUT2D eigenvalue weighted by atomic mass is 9.92. The summed E-state index contributed by atoms with van der Waals surface area (Å²) >= 11 is 0. The molecular weight excluding hydrogens is 588 g/mol. The van der Waals surface area contributed by atoms with E-state index >= 15 is 0 Å². The van der Waals surface area contributed by atoms with Crippen LogP contribution >= 0.6 is 0 Å². The van der Waals surface area contributed by atoms with Crippen molar-refractivity contribution in [3.63, 3.8) is 0 Å². The van der Waals surface area contributed by atoms with E-state index in [0.717, 1.165) is 72.7 Å². The van der Waals surface area contributed by atoms with E-state index in [1.165, 1.54) is 5.56 Å². The van der Waals surface area contributed by atoms with Gasteiger partial charge < -0.3 is 14.8 Å². The van der Waals surface area contributed by atoms with Gasteiger partial charge in [0, 0.05) is 47.1 Å². The molecule has 0 spiro atoms. The van der Waals surface area contributed by atoms with Gasteiger partial charge in [-0.3, -0.25) is 15.2 Å². The molecule has 9 heteroatoms. The van der Waals surface area contributed by atoms with Crippen molar-refractivity contribution < 1.29 is 14.3 Å². The van der Waals surface area contributed by atoms with Gasteiger partial charge in [-0.1, -0.05) is 75.4 Å². The number of pyridine rings is 1. The largest absolute Gasteiger partial charge is 0.492 e. The monoisotopic (exact) mass is 632 g/mol. The highest BCUT2D eigenvalue weighted by atomic mass is 16.5. The number of urea groups is 1. The number of nitrogens with one attached hydrogen (secondary N) is 2. The summed E-state index contributed by atoms with van der Waals surface area (Å²) in [7, 11) is 0. The van der Waals surface area contributed by atoms with E-state index in [0.29, 0.717) is 24.2 Å². The van der Waals surface area contributed by atoms with E-state index in [1.807, 2.05) is 61.5 Å². The van der Waals surface area contributed by atoms with Gasteiger partial charge in [0.2, 0.25) is 0 Å². The molecular formula is C38H44N6O3. The van der Waals surface area contributed by atoms with Crippen LogP contribution in [0.5, 0.6) is 5.75 Å². The Bertz CT molecular complexity index is 1800. The van der Waals surface area contributed by atoms with Gasteiger partial charge in [0.15, 0.2) is 0 Å². The first kappa shape index (κ1) is 32.2. The summed E-state index contributed by atoms with van der Waals surface area (Å²) in [6, 6.07) is 28.2. The van der Waals surface area contributed by atoms with Gasteiger partial charge >= 0.3 is 6.03 Å². The second-order valence-corrected chi connectivity index (χ2v) is 13.1. The molecule has 0 bridgehead atoms. The molecule has 1 aliphatic heterocycles. The Morgan fingerprint density at radius 1 is 0.979 bits per heavy atom. The number of fused-ring (bicyclic) bond motifs is 1. The van der Waals surface area contributed by atoms with Crippen LogP contribution in [0.3, 0.4) is 0 Å². The molecule has 1 fully saturated rings. The first-order chi connectivity index (χ1) is 22.7. The van der Waals surface area contributed by atoms with E-state index in [1.54, 1.807) is 10.9 Å². The van der Waals surface area contributed by atoms with Crippen molar-refractivity contribution in [3.05, 3.63) is 108 Å². The fourth-order valence-electron chi connectivity index (χ4n) is 5.90. The summed E-state index contributed by atoms with van der Waals surface area (Å²) in [4.78, 5) is 20.3. The molecule has 1 unspecified atom stereocenters. The average Bonchev–Trinajstić information content (AvgIpc) is 3.50. The minimum absolute atomic E-state index is 0.201. The number of hydrogen-bond acceptors (Lipinski definition) is 6. The third-order valence-electron chi connectivity index (χ3n) is 8.59. The minimum atomic E-state index is -0.362. The zero-order valence-electron chi connectivity index (χ0n) is 27.7. The van der Waals surface area contributed by atoms with Gasteiger partial charge in [-0.05, 0) is 49.6 Å². The van der Waals surface area contributed by atoms with Crippen molar-refractivity contribution >= 4 is 28.3 Å².